The molecule has 3 nitrogen and oxygen atoms in total. The highest BCUT2D eigenvalue weighted by Crippen LogP contribution is 2.42. The first-order valence-corrected chi connectivity index (χ1v) is 4.62. The van der Waals surface area contributed by atoms with E-state index in [4.69, 9.17) is 5.73 Å². The Morgan fingerprint density at radius 3 is 2.83 bits per heavy atom. The van der Waals surface area contributed by atoms with Gasteiger partial charge in [0.25, 0.3) is 0 Å². The molecule has 12 heavy (non-hydrogen) atoms. The average molecular weight is 163 g/mol. The molecule has 0 spiro atoms. The van der Waals surface area contributed by atoms with Crippen LogP contribution in [0.5, 0.6) is 0 Å². The van der Waals surface area contributed by atoms with Crippen LogP contribution in [0, 0.1) is 0 Å². The number of aromatic nitrogens is 2. The molecule has 2 aliphatic rings. The number of hydrogen-bond donors (Lipinski definition) is 1. The summed E-state index contributed by atoms with van der Waals surface area (Å²) in [5.41, 5.74) is 7.27. The van der Waals surface area contributed by atoms with E-state index >= 15 is 0 Å². The smallest absolute Gasteiger partial charge is 0.110 e. The van der Waals surface area contributed by atoms with Gasteiger partial charge >= 0.3 is 0 Å². The largest absolute Gasteiger partial charge is 0.307 e. The van der Waals surface area contributed by atoms with E-state index < -0.39 is 0 Å². The molecule has 2 N–H and O–H groups in total. The second kappa shape index (κ2) is 1.91. The van der Waals surface area contributed by atoms with Gasteiger partial charge in [-0.3, -0.25) is 4.68 Å². The third-order valence-corrected chi connectivity index (χ3v) is 2.87. The summed E-state index contributed by atoms with van der Waals surface area (Å²) in [4.78, 5) is 0. The van der Waals surface area contributed by atoms with Crippen molar-refractivity contribution in [2.45, 2.75) is 37.3 Å². The minimum atomic E-state index is -0.118. The fraction of sp³-hybridized carbons (Fsp3) is 0.667. The Morgan fingerprint density at radius 2 is 2.25 bits per heavy atom. The zero-order valence-electron chi connectivity index (χ0n) is 7.03. The summed E-state index contributed by atoms with van der Waals surface area (Å²) >= 11 is 0. The molecule has 1 heterocycles. The van der Waals surface area contributed by atoms with Gasteiger partial charge in [0.15, 0.2) is 0 Å². The lowest BCUT2D eigenvalue weighted by atomic mass is 10.2. The standard InChI is InChI=1S/C9H13N3/c10-9(3-4-9)12-6-8(5-11-12)7-1-2-7/h5-7H,1-4,10H2. The van der Waals surface area contributed by atoms with Crippen LogP contribution in [-0.2, 0) is 5.66 Å². The molecule has 0 radical (unpaired) electrons. The summed E-state index contributed by atoms with van der Waals surface area (Å²) in [5.74, 6) is 0.793. The molecule has 3 heteroatoms. The summed E-state index contributed by atoms with van der Waals surface area (Å²) in [6.07, 6.45) is 8.94. The van der Waals surface area contributed by atoms with Crippen molar-refractivity contribution in [2.75, 3.05) is 0 Å². The van der Waals surface area contributed by atoms with Gasteiger partial charge < -0.3 is 5.73 Å². The molecule has 0 aliphatic heterocycles. The lowest BCUT2D eigenvalue weighted by Gasteiger charge is -2.07. The number of rotatable bonds is 2. The Kier molecular flexibility index (Phi) is 1.06. The lowest BCUT2D eigenvalue weighted by molar-refractivity contribution is 0.448. The van der Waals surface area contributed by atoms with Crippen LogP contribution in [0.3, 0.4) is 0 Å². The van der Waals surface area contributed by atoms with Crippen molar-refractivity contribution in [3.8, 4) is 0 Å². The third-order valence-electron chi connectivity index (χ3n) is 2.87. The predicted molar refractivity (Wildman–Crippen MR) is 45.6 cm³/mol. The fourth-order valence-electron chi connectivity index (χ4n) is 1.56. The highest BCUT2D eigenvalue weighted by Gasteiger charge is 2.41. The van der Waals surface area contributed by atoms with Crippen molar-refractivity contribution in [1.29, 1.82) is 0 Å². The van der Waals surface area contributed by atoms with E-state index in [9.17, 15) is 0 Å². The SMILES string of the molecule is NC1(n2cc(C3CC3)cn2)CC1. The second-order valence-electron chi connectivity index (χ2n) is 4.10. The van der Waals surface area contributed by atoms with E-state index in [2.05, 4.69) is 11.3 Å². The summed E-state index contributed by atoms with van der Waals surface area (Å²) in [7, 11) is 0. The van der Waals surface area contributed by atoms with E-state index in [1.807, 2.05) is 10.9 Å². The minimum Gasteiger partial charge on any atom is -0.307 e. The van der Waals surface area contributed by atoms with Gasteiger partial charge in [0.05, 0.1) is 6.20 Å². The zero-order chi connectivity index (χ0) is 8.18. The molecule has 0 unspecified atom stereocenters. The molecule has 0 bridgehead atoms. The monoisotopic (exact) mass is 163 g/mol. The van der Waals surface area contributed by atoms with Crippen LogP contribution < -0.4 is 5.73 Å². The first kappa shape index (κ1) is 6.66. The average Bonchev–Trinajstić information content (AvgIpc) is 2.97. The Morgan fingerprint density at radius 1 is 1.50 bits per heavy atom. The Bertz CT molecular complexity index is 307. The van der Waals surface area contributed by atoms with Gasteiger partial charge in [0, 0.05) is 6.20 Å². The van der Waals surface area contributed by atoms with Crippen LogP contribution >= 0.6 is 0 Å². The maximum Gasteiger partial charge on any atom is 0.110 e. The normalized spacial score (nSPS) is 25.8. The Hall–Kier alpha value is -0.830. The molecule has 64 valence electrons. The van der Waals surface area contributed by atoms with Crippen molar-refractivity contribution in [3.05, 3.63) is 18.0 Å². The van der Waals surface area contributed by atoms with Crippen LogP contribution in [0.25, 0.3) is 0 Å². The third kappa shape index (κ3) is 0.894. The van der Waals surface area contributed by atoms with Crippen LogP contribution in [0.4, 0.5) is 0 Å². The molecule has 2 saturated carbocycles. The van der Waals surface area contributed by atoms with Gasteiger partial charge in [-0.05, 0) is 37.2 Å². The first-order valence-electron chi connectivity index (χ1n) is 4.62. The second-order valence-corrected chi connectivity index (χ2v) is 4.10. The van der Waals surface area contributed by atoms with Gasteiger partial charge in [0.1, 0.15) is 5.66 Å². The van der Waals surface area contributed by atoms with E-state index in [0.717, 1.165) is 18.8 Å². The van der Waals surface area contributed by atoms with Crippen molar-refractivity contribution >= 4 is 0 Å². The molecule has 0 amide bonds. The van der Waals surface area contributed by atoms with Gasteiger partial charge in [0.2, 0.25) is 0 Å². The van der Waals surface area contributed by atoms with Crippen molar-refractivity contribution in [2.24, 2.45) is 5.73 Å². The Labute approximate surface area is 71.6 Å². The maximum absolute atomic E-state index is 6.00. The minimum absolute atomic E-state index is 0.118. The van der Waals surface area contributed by atoms with E-state index in [0.29, 0.717) is 0 Å². The molecular formula is C9H13N3. The summed E-state index contributed by atoms with van der Waals surface area (Å²) in [5, 5.41) is 4.30. The number of nitrogens with zero attached hydrogens (tertiary/aromatic N) is 2. The van der Waals surface area contributed by atoms with Gasteiger partial charge in [-0.1, -0.05) is 0 Å². The quantitative estimate of drug-likeness (QED) is 0.711. The van der Waals surface area contributed by atoms with Gasteiger partial charge in [-0.25, -0.2) is 0 Å². The predicted octanol–water partition coefficient (Wildman–Crippen LogP) is 1.17. The van der Waals surface area contributed by atoms with Gasteiger partial charge in [-0.15, -0.1) is 0 Å². The van der Waals surface area contributed by atoms with E-state index in [-0.39, 0.29) is 5.66 Å². The lowest BCUT2D eigenvalue weighted by Crippen LogP contribution is -2.27. The topological polar surface area (TPSA) is 43.8 Å². The molecule has 0 saturated heterocycles. The van der Waals surface area contributed by atoms with E-state index in [1.54, 1.807) is 0 Å². The van der Waals surface area contributed by atoms with Crippen molar-refractivity contribution in [1.82, 2.24) is 9.78 Å². The summed E-state index contributed by atoms with van der Waals surface area (Å²) in [6, 6.07) is 0. The molecule has 1 aromatic rings. The van der Waals surface area contributed by atoms with Crippen LogP contribution in [-0.4, -0.2) is 9.78 Å². The van der Waals surface area contributed by atoms with Crippen molar-refractivity contribution in [3.63, 3.8) is 0 Å². The summed E-state index contributed by atoms with van der Waals surface area (Å²) in [6.45, 7) is 0. The van der Waals surface area contributed by atoms with Crippen molar-refractivity contribution < 1.29 is 0 Å². The zero-order valence-corrected chi connectivity index (χ0v) is 7.03. The highest BCUT2D eigenvalue weighted by atomic mass is 15.4. The highest BCUT2D eigenvalue weighted by molar-refractivity contribution is 5.18. The summed E-state index contributed by atoms with van der Waals surface area (Å²) < 4.78 is 1.95. The number of nitrogens with two attached hydrogens (primary N) is 1. The fourth-order valence-corrected chi connectivity index (χ4v) is 1.56. The molecule has 0 atom stereocenters. The molecular weight excluding hydrogens is 150 g/mol. The van der Waals surface area contributed by atoms with Crippen LogP contribution in [0.1, 0.15) is 37.2 Å². The van der Waals surface area contributed by atoms with Crippen LogP contribution in [0.15, 0.2) is 12.4 Å². The Balaban J connectivity index is 1.91. The maximum atomic E-state index is 6.00. The molecule has 1 aromatic heterocycles. The molecule has 2 aliphatic carbocycles. The molecule has 0 aromatic carbocycles. The molecule has 3 rings (SSSR count). The van der Waals surface area contributed by atoms with Crippen LogP contribution in [0.2, 0.25) is 0 Å². The molecule has 2 fully saturated rings. The van der Waals surface area contributed by atoms with Gasteiger partial charge in [-0.2, -0.15) is 5.10 Å². The number of hydrogen-bond acceptors (Lipinski definition) is 2. The van der Waals surface area contributed by atoms with E-state index in [1.165, 1.54) is 18.4 Å². The first-order chi connectivity index (χ1) is 5.78.